The lowest BCUT2D eigenvalue weighted by Gasteiger charge is -2.14. The summed E-state index contributed by atoms with van der Waals surface area (Å²) in [6.07, 6.45) is 0. The fraction of sp³-hybridized carbons (Fsp3) is 0.143. The van der Waals surface area contributed by atoms with E-state index in [9.17, 15) is 9.59 Å². The van der Waals surface area contributed by atoms with Crippen molar-refractivity contribution in [2.45, 2.75) is 20.8 Å². The van der Waals surface area contributed by atoms with Crippen molar-refractivity contribution in [3.63, 3.8) is 0 Å². The highest BCUT2D eigenvalue weighted by atomic mass is 16.1. The van der Waals surface area contributed by atoms with Crippen LogP contribution < -0.4 is 0 Å². The van der Waals surface area contributed by atoms with Crippen molar-refractivity contribution in [1.82, 2.24) is 0 Å². The first-order valence-electron chi connectivity index (χ1n) is 7.72. The molecule has 0 spiro atoms. The first-order valence-corrected chi connectivity index (χ1v) is 7.72. The standard InChI is InChI=1S/C21H16O2/c1-11-17(12(2)22)10-18-15-8-4-6-14-7-5-9-16(20(14)15)21(18)19(11)13(3)23/h4-10H,1-3H3. The maximum absolute atomic E-state index is 12.4. The van der Waals surface area contributed by atoms with E-state index in [-0.39, 0.29) is 11.6 Å². The average Bonchev–Trinajstić information content (AvgIpc) is 2.82. The van der Waals surface area contributed by atoms with Gasteiger partial charge in [-0.3, -0.25) is 9.59 Å². The highest BCUT2D eigenvalue weighted by Gasteiger charge is 2.28. The molecule has 0 radical (unpaired) electrons. The van der Waals surface area contributed by atoms with Gasteiger partial charge >= 0.3 is 0 Å². The Kier molecular flexibility index (Phi) is 2.79. The lowest BCUT2D eigenvalue weighted by atomic mass is 9.88. The van der Waals surface area contributed by atoms with Gasteiger partial charge in [-0.1, -0.05) is 36.4 Å². The number of carbonyl (C=O) groups excluding carboxylic acids is 2. The van der Waals surface area contributed by atoms with Crippen LogP contribution in [0.2, 0.25) is 0 Å². The third kappa shape index (κ3) is 1.75. The largest absolute Gasteiger partial charge is 0.295 e. The van der Waals surface area contributed by atoms with Crippen LogP contribution in [-0.2, 0) is 0 Å². The first kappa shape index (κ1) is 13.9. The van der Waals surface area contributed by atoms with Crippen molar-refractivity contribution < 1.29 is 9.59 Å². The molecular formula is C21H16O2. The lowest BCUT2D eigenvalue weighted by molar-refractivity contribution is 0.101. The van der Waals surface area contributed by atoms with Crippen molar-refractivity contribution in [1.29, 1.82) is 0 Å². The molecule has 3 aromatic carbocycles. The number of rotatable bonds is 2. The third-order valence-corrected chi connectivity index (χ3v) is 4.78. The predicted molar refractivity (Wildman–Crippen MR) is 93.1 cm³/mol. The predicted octanol–water partition coefficient (Wildman–Crippen LogP) is 5.20. The fourth-order valence-electron chi connectivity index (χ4n) is 3.85. The highest BCUT2D eigenvalue weighted by Crippen LogP contribution is 2.50. The summed E-state index contributed by atoms with van der Waals surface area (Å²) in [4.78, 5) is 24.4. The van der Waals surface area contributed by atoms with Crippen LogP contribution in [0.25, 0.3) is 33.0 Å². The first-order chi connectivity index (χ1) is 11.0. The summed E-state index contributed by atoms with van der Waals surface area (Å²) in [5, 5.41) is 2.33. The van der Waals surface area contributed by atoms with E-state index >= 15 is 0 Å². The minimum absolute atomic E-state index is 0.00377. The second-order valence-electron chi connectivity index (χ2n) is 6.17. The Morgan fingerprint density at radius 3 is 2.09 bits per heavy atom. The topological polar surface area (TPSA) is 34.1 Å². The van der Waals surface area contributed by atoms with Crippen molar-refractivity contribution in [3.8, 4) is 22.3 Å². The summed E-state index contributed by atoms with van der Waals surface area (Å²) < 4.78 is 0. The maximum Gasteiger partial charge on any atom is 0.160 e. The quantitative estimate of drug-likeness (QED) is 0.477. The van der Waals surface area contributed by atoms with Crippen LogP contribution in [0.3, 0.4) is 0 Å². The molecule has 23 heavy (non-hydrogen) atoms. The summed E-state index contributed by atoms with van der Waals surface area (Å²) in [5.74, 6) is 0.00240. The van der Waals surface area contributed by atoms with E-state index in [0.29, 0.717) is 11.1 Å². The number of fused-ring (bicyclic) bond motifs is 3. The van der Waals surface area contributed by atoms with E-state index in [2.05, 4.69) is 24.3 Å². The smallest absolute Gasteiger partial charge is 0.160 e. The van der Waals surface area contributed by atoms with E-state index in [1.54, 1.807) is 13.8 Å². The molecule has 0 aliphatic heterocycles. The van der Waals surface area contributed by atoms with Crippen LogP contribution in [-0.4, -0.2) is 11.6 Å². The molecule has 3 aromatic rings. The van der Waals surface area contributed by atoms with Gasteiger partial charge in [0.25, 0.3) is 0 Å². The number of ketones is 2. The molecule has 0 saturated heterocycles. The van der Waals surface area contributed by atoms with Crippen LogP contribution in [0.5, 0.6) is 0 Å². The highest BCUT2D eigenvalue weighted by molar-refractivity contribution is 6.21. The molecule has 4 rings (SSSR count). The molecule has 0 unspecified atom stereocenters. The fourth-order valence-corrected chi connectivity index (χ4v) is 3.85. The Hall–Kier alpha value is -2.74. The molecule has 0 bridgehead atoms. The van der Waals surface area contributed by atoms with E-state index in [1.165, 1.54) is 5.39 Å². The van der Waals surface area contributed by atoms with Gasteiger partial charge in [-0.15, -0.1) is 0 Å². The van der Waals surface area contributed by atoms with Gasteiger partial charge in [-0.2, -0.15) is 0 Å². The molecule has 0 atom stereocenters. The molecule has 2 heteroatoms. The number of benzene rings is 3. The summed E-state index contributed by atoms with van der Waals surface area (Å²) in [7, 11) is 0. The summed E-state index contributed by atoms with van der Waals surface area (Å²) in [5.41, 5.74) is 6.28. The molecule has 0 aromatic heterocycles. The SMILES string of the molecule is CC(=O)c1cc2c(c(C(C)=O)c1C)-c1cccc3cccc-2c13. The number of Topliss-reactive ketones (excluding diaryl/α,β-unsaturated/α-hetero) is 2. The van der Waals surface area contributed by atoms with Gasteiger partial charge < -0.3 is 0 Å². The number of carbonyl (C=O) groups is 2. The van der Waals surface area contributed by atoms with E-state index in [1.807, 2.05) is 25.1 Å². The van der Waals surface area contributed by atoms with Crippen molar-refractivity contribution in [2.24, 2.45) is 0 Å². The summed E-state index contributed by atoms with van der Waals surface area (Å²) in [6.45, 7) is 5.01. The van der Waals surface area contributed by atoms with E-state index in [4.69, 9.17) is 0 Å². The van der Waals surface area contributed by atoms with Crippen LogP contribution in [0.4, 0.5) is 0 Å². The van der Waals surface area contributed by atoms with Gasteiger partial charge in [0.15, 0.2) is 11.6 Å². The van der Waals surface area contributed by atoms with Gasteiger partial charge in [0.05, 0.1) is 0 Å². The third-order valence-electron chi connectivity index (χ3n) is 4.78. The minimum atomic E-state index is -0.00377. The second-order valence-corrected chi connectivity index (χ2v) is 6.17. The zero-order valence-corrected chi connectivity index (χ0v) is 13.4. The van der Waals surface area contributed by atoms with E-state index in [0.717, 1.165) is 33.2 Å². The van der Waals surface area contributed by atoms with Crippen molar-refractivity contribution >= 4 is 22.3 Å². The monoisotopic (exact) mass is 300 g/mol. The molecule has 0 saturated carbocycles. The Bertz CT molecular complexity index is 1020. The van der Waals surface area contributed by atoms with Crippen molar-refractivity contribution in [3.05, 3.63) is 59.2 Å². The van der Waals surface area contributed by atoms with Crippen LogP contribution in [0, 0.1) is 6.92 Å². The van der Waals surface area contributed by atoms with Crippen LogP contribution in [0.15, 0.2) is 42.5 Å². The van der Waals surface area contributed by atoms with Crippen molar-refractivity contribution in [2.75, 3.05) is 0 Å². The van der Waals surface area contributed by atoms with E-state index < -0.39 is 0 Å². The molecule has 1 aliphatic carbocycles. The zero-order valence-electron chi connectivity index (χ0n) is 13.4. The maximum atomic E-state index is 12.4. The summed E-state index contributed by atoms with van der Waals surface area (Å²) >= 11 is 0. The van der Waals surface area contributed by atoms with Gasteiger partial charge in [0.2, 0.25) is 0 Å². The molecule has 0 N–H and O–H groups in total. The van der Waals surface area contributed by atoms with Crippen LogP contribution >= 0.6 is 0 Å². The normalized spacial score (nSPS) is 11.6. The molecule has 0 fully saturated rings. The van der Waals surface area contributed by atoms with Gasteiger partial charge in [-0.05, 0) is 59.9 Å². The molecule has 0 heterocycles. The molecule has 112 valence electrons. The lowest BCUT2D eigenvalue weighted by Crippen LogP contribution is -2.06. The van der Waals surface area contributed by atoms with Crippen LogP contribution in [0.1, 0.15) is 40.1 Å². The van der Waals surface area contributed by atoms with Gasteiger partial charge in [0.1, 0.15) is 0 Å². The molecular weight excluding hydrogens is 284 g/mol. The van der Waals surface area contributed by atoms with Gasteiger partial charge in [-0.25, -0.2) is 0 Å². The summed E-state index contributed by atoms with van der Waals surface area (Å²) in [6, 6.07) is 14.3. The number of hydrogen-bond donors (Lipinski definition) is 0. The second kappa shape index (κ2) is 4.63. The Balaban J connectivity index is 2.25. The zero-order chi connectivity index (χ0) is 16.3. The molecule has 1 aliphatic rings. The molecule has 0 amide bonds. The Morgan fingerprint density at radius 2 is 1.48 bits per heavy atom. The molecule has 2 nitrogen and oxygen atoms in total. The Labute approximate surface area is 134 Å². The number of hydrogen-bond acceptors (Lipinski definition) is 2. The minimum Gasteiger partial charge on any atom is -0.295 e. The van der Waals surface area contributed by atoms with Gasteiger partial charge in [0, 0.05) is 16.7 Å². The average molecular weight is 300 g/mol. The Morgan fingerprint density at radius 1 is 0.826 bits per heavy atom.